The van der Waals surface area contributed by atoms with Crippen molar-refractivity contribution in [2.24, 2.45) is 11.8 Å². The van der Waals surface area contributed by atoms with E-state index in [9.17, 15) is 18.3 Å². The van der Waals surface area contributed by atoms with Gasteiger partial charge in [-0.25, -0.2) is 4.72 Å². The Balaban J connectivity index is 2.45. The molecule has 0 spiro atoms. The molecule has 0 aromatic heterocycles. The van der Waals surface area contributed by atoms with Crippen LogP contribution in [0.3, 0.4) is 0 Å². The van der Waals surface area contributed by atoms with Gasteiger partial charge in [0, 0.05) is 26.7 Å². The zero-order chi connectivity index (χ0) is 15.9. The monoisotopic (exact) mass is 322 g/mol. The summed E-state index contributed by atoms with van der Waals surface area (Å²) in [5.74, 6) is -0.0981. The minimum Gasteiger partial charge on any atom is -0.469 e. The molecule has 0 heterocycles. The van der Waals surface area contributed by atoms with E-state index in [0.29, 0.717) is 6.54 Å². The molecule has 1 rings (SSSR count). The number of carbonyl (C=O) groups excluding carboxylic acids is 1. The Labute approximate surface area is 126 Å². The summed E-state index contributed by atoms with van der Waals surface area (Å²) in [6, 6.07) is 0. The van der Waals surface area contributed by atoms with Crippen LogP contribution in [-0.2, 0) is 19.7 Å². The number of aliphatic hydroxyl groups is 1. The number of aliphatic hydroxyl groups excluding tert-OH is 1. The molecule has 0 amide bonds. The molecule has 0 aromatic carbocycles. The number of nitrogens with zero attached hydrogens (tertiary/aromatic N) is 1. The normalized spacial score (nSPS) is 23.2. The number of methoxy groups -OCH3 is 1. The first-order valence-corrected chi connectivity index (χ1v) is 8.73. The highest BCUT2D eigenvalue weighted by Gasteiger charge is 2.27. The molecule has 1 aliphatic rings. The van der Waals surface area contributed by atoms with Crippen LogP contribution >= 0.6 is 0 Å². The van der Waals surface area contributed by atoms with E-state index in [1.807, 2.05) is 0 Å². The third-order valence-corrected chi connectivity index (χ3v) is 5.63. The summed E-state index contributed by atoms with van der Waals surface area (Å²) in [5, 5.41) is 9.33. The number of rotatable bonds is 8. The van der Waals surface area contributed by atoms with Crippen molar-refractivity contribution in [3.63, 3.8) is 0 Å². The molecule has 2 unspecified atom stereocenters. The van der Waals surface area contributed by atoms with Crippen LogP contribution in [-0.4, -0.2) is 57.7 Å². The maximum atomic E-state index is 12.1. The Morgan fingerprint density at radius 1 is 1.33 bits per heavy atom. The van der Waals surface area contributed by atoms with Crippen molar-refractivity contribution in [2.75, 3.05) is 33.9 Å². The van der Waals surface area contributed by atoms with Gasteiger partial charge in [0.25, 0.3) is 10.2 Å². The Bertz CT molecular complexity index is 426. The predicted molar refractivity (Wildman–Crippen MR) is 78.7 cm³/mol. The van der Waals surface area contributed by atoms with Crippen molar-refractivity contribution in [3.05, 3.63) is 0 Å². The van der Waals surface area contributed by atoms with Gasteiger partial charge >= 0.3 is 5.97 Å². The molecule has 2 atom stereocenters. The zero-order valence-corrected chi connectivity index (χ0v) is 13.6. The van der Waals surface area contributed by atoms with Crippen LogP contribution in [0.1, 0.15) is 32.1 Å². The number of esters is 1. The van der Waals surface area contributed by atoms with Gasteiger partial charge in [-0.3, -0.25) is 4.79 Å². The van der Waals surface area contributed by atoms with Gasteiger partial charge in [0.15, 0.2) is 0 Å². The molecule has 21 heavy (non-hydrogen) atoms. The van der Waals surface area contributed by atoms with E-state index < -0.39 is 16.2 Å². The predicted octanol–water partition coefficient (Wildman–Crippen LogP) is 0.114. The summed E-state index contributed by atoms with van der Waals surface area (Å²) in [6.45, 7) is 0.511. The molecule has 8 heteroatoms. The smallest absolute Gasteiger partial charge is 0.306 e. The van der Waals surface area contributed by atoms with Crippen molar-refractivity contribution in [3.8, 4) is 0 Å². The molecule has 7 nitrogen and oxygen atoms in total. The standard InChI is InChI=1S/C13H26N2O5S/c1-15(8-7-13(17)20-2)21(18,19)14-9-11-5-3-4-6-12(11)10-16/h11-12,14,16H,3-10H2,1-2H3. The van der Waals surface area contributed by atoms with Gasteiger partial charge in [0.1, 0.15) is 0 Å². The van der Waals surface area contributed by atoms with Crippen LogP contribution in [0.2, 0.25) is 0 Å². The molecule has 1 aliphatic carbocycles. The van der Waals surface area contributed by atoms with E-state index in [0.717, 1.165) is 30.0 Å². The lowest BCUT2D eigenvalue weighted by atomic mass is 9.80. The third-order valence-electron chi connectivity index (χ3n) is 4.10. The van der Waals surface area contributed by atoms with Crippen LogP contribution in [0.5, 0.6) is 0 Å². The molecule has 1 fully saturated rings. The molecule has 124 valence electrons. The van der Waals surface area contributed by atoms with Gasteiger partial charge < -0.3 is 9.84 Å². The summed E-state index contributed by atoms with van der Waals surface area (Å²) >= 11 is 0. The first kappa shape index (κ1) is 18.3. The quantitative estimate of drug-likeness (QED) is 0.619. The SMILES string of the molecule is COC(=O)CCN(C)S(=O)(=O)NCC1CCCCC1CO. The molecular weight excluding hydrogens is 296 g/mol. The summed E-state index contributed by atoms with van der Waals surface area (Å²) in [5.41, 5.74) is 0. The number of ether oxygens (including phenoxy) is 1. The summed E-state index contributed by atoms with van der Waals surface area (Å²) in [4.78, 5) is 11.0. The highest BCUT2D eigenvalue weighted by molar-refractivity contribution is 7.87. The van der Waals surface area contributed by atoms with Crippen molar-refractivity contribution in [1.82, 2.24) is 9.03 Å². The highest BCUT2D eigenvalue weighted by atomic mass is 32.2. The molecule has 0 aliphatic heterocycles. The van der Waals surface area contributed by atoms with Crippen LogP contribution < -0.4 is 4.72 Å². The van der Waals surface area contributed by atoms with Crippen LogP contribution in [0, 0.1) is 11.8 Å². The van der Waals surface area contributed by atoms with Crippen LogP contribution in [0.25, 0.3) is 0 Å². The lowest BCUT2D eigenvalue weighted by Gasteiger charge is -2.30. The molecule has 0 saturated heterocycles. The summed E-state index contributed by atoms with van der Waals surface area (Å²) in [6.07, 6.45) is 4.06. The topological polar surface area (TPSA) is 95.9 Å². The lowest BCUT2D eigenvalue weighted by Crippen LogP contribution is -2.43. The number of carbonyl (C=O) groups is 1. The van der Waals surface area contributed by atoms with E-state index in [1.54, 1.807) is 0 Å². The van der Waals surface area contributed by atoms with E-state index in [-0.39, 0.29) is 31.4 Å². The van der Waals surface area contributed by atoms with Gasteiger partial charge in [0.05, 0.1) is 13.5 Å². The second-order valence-corrected chi connectivity index (χ2v) is 7.35. The fraction of sp³-hybridized carbons (Fsp3) is 0.923. The second-order valence-electron chi connectivity index (χ2n) is 5.49. The Hall–Kier alpha value is -0.700. The van der Waals surface area contributed by atoms with Crippen molar-refractivity contribution >= 4 is 16.2 Å². The molecule has 0 aromatic rings. The fourth-order valence-electron chi connectivity index (χ4n) is 2.59. The lowest BCUT2D eigenvalue weighted by molar-refractivity contribution is -0.140. The van der Waals surface area contributed by atoms with Gasteiger partial charge in [-0.1, -0.05) is 12.8 Å². The number of hydrogen-bond donors (Lipinski definition) is 2. The van der Waals surface area contributed by atoms with Crippen molar-refractivity contribution < 1.29 is 23.1 Å². The Kier molecular flexibility index (Phi) is 7.58. The molecule has 1 saturated carbocycles. The van der Waals surface area contributed by atoms with Crippen LogP contribution in [0.15, 0.2) is 0 Å². The maximum Gasteiger partial charge on any atom is 0.306 e. The highest BCUT2D eigenvalue weighted by Crippen LogP contribution is 2.29. The minimum atomic E-state index is -3.60. The Morgan fingerprint density at radius 2 is 1.95 bits per heavy atom. The average molecular weight is 322 g/mol. The second kappa shape index (κ2) is 8.67. The molecule has 2 N–H and O–H groups in total. The minimum absolute atomic E-state index is 0.0244. The van der Waals surface area contributed by atoms with Gasteiger partial charge in [-0.15, -0.1) is 0 Å². The first-order chi connectivity index (χ1) is 9.90. The Morgan fingerprint density at radius 3 is 2.52 bits per heavy atom. The largest absolute Gasteiger partial charge is 0.469 e. The van der Waals surface area contributed by atoms with Gasteiger partial charge in [0.2, 0.25) is 0 Å². The van der Waals surface area contributed by atoms with Gasteiger partial charge in [-0.05, 0) is 24.7 Å². The maximum absolute atomic E-state index is 12.1. The molecule has 0 bridgehead atoms. The molecule has 0 radical (unpaired) electrons. The average Bonchev–Trinajstić information content (AvgIpc) is 2.50. The summed E-state index contributed by atoms with van der Waals surface area (Å²) < 4.78 is 32.3. The van der Waals surface area contributed by atoms with Crippen molar-refractivity contribution in [2.45, 2.75) is 32.1 Å². The number of hydrogen-bond acceptors (Lipinski definition) is 5. The summed E-state index contributed by atoms with van der Waals surface area (Å²) in [7, 11) is -0.904. The van der Waals surface area contributed by atoms with E-state index in [2.05, 4.69) is 9.46 Å². The first-order valence-electron chi connectivity index (χ1n) is 7.29. The van der Waals surface area contributed by atoms with Gasteiger partial charge in [-0.2, -0.15) is 12.7 Å². The zero-order valence-electron chi connectivity index (χ0n) is 12.7. The van der Waals surface area contributed by atoms with E-state index >= 15 is 0 Å². The van der Waals surface area contributed by atoms with E-state index in [1.165, 1.54) is 14.2 Å². The van der Waals surface area contributed by atoms with E-state index in [4.69, 9.17) is 0 Å². The fourth-order valence-corrected chi connectivity index (χ4v) is 3.56. The third kappa shape index (κ3) is 5.90. The van der Waals surface area contributed by atoms with Crippen LogP contribution in [0.4, 0.5) is 0 Å². The molecular formula is C13H26N2O5S. The number of nitrogens with one attached hydrogen (secondary N) is 1. The van der Waals surface area contributed by atoms with Crippen molar-refractivity contribution in [1.29, 1.82) is 0 Å².